The summed E-state index contributed by atoms with van der Waals surface area (Å²) in [6, 6.07) is 5.05. The van der Waals surface area contributed by atoms with Crippen LogP contribution < -0.4 is 5.73 Å². The molecule has 0 heterocycles. The summed E-state index contributed by atoms with van der Waals surface area (Å²) in [6.07, 6.45) is -4.73. The van der Waals surface area contributed by atoms with Crippen LogP contribution in [0.5, 0.6) is 0 Å². The van der Waals surface area contributed by atoms with E-state index < -0.39 is 17.6 Å². The van der Waals surface area contributed by atoms with Crippen molar-refractivity contribution in [1.29, 1.82) is 0 Å². The lowest BCUT2D eigenvalue weighted by Gasteiger charge is -2.17. The Labute approximate surface area is 108 Å². The number of nitrogen functional groups attached to an aromatic ring is 1. The van der Waals surface area contributed by atoms with E-state index in [2.05, 4.69) is 0 Å². The molecular weight excluding hydrogens is 258 g/mol. The molecule has 0 radical (unpaired) electrons. The fourth-order valence-electron chi connectivity index (χ4n) is 2.23. The molecule has 0 saturated carbocycles. The summed E-state index contributed by atoms with van der Waals surface area (Å²) >= 11 is 0. The summed E-state index contributed by atoms with van der Waals surface area (Å²) in [5.41, 5.74) is 5.25. The van der Waals surface area contributed by atoms with Crippen molar-refractivity contribution in [2.75, 3.05) is 5.73 Å². The monoisotopic (exact) mass is 271 g/mol. The maximum atomic E-state index is 13.6. The molecule has 0 bridgehead atoms. The molecule has 0 atom stereocenters. The Morgan fingerprint density at radius 3 is 2.26 bits per heavy atom. The van der Waals surface area contributed by atoms with Gasteiger partial charge in [-0.15, -0.1) is 0 Å². The highest BCUT2D eigenvalue weighted by molar-refractivity contribution is 5.92. The highest BCUT2D eigenvalue weighted by atomic mass is 19.4. The molecule has 2 aromatic carbocycles. The van der Waals surface area contributed by atoms with Crippen LogP contribution in [0, 0.1) is 5.82 Å². The molecule has 2 aromatic rings. The number of fused-ring (bicyclic) bond motifs is 1. The van der Waals surface area contributed by atoms with Crippen molar-refractivity contribution in [2.45, 2.75) is 25.9 Å². The molecule has 0 amide bonds. The first-order valence-corrected chi connectivity index (χ1v) is 5.80. The van der Waals surface area contributed by atoms with Crippen molar-refractivity contribution >= 4 is 16.5 Å². The van der Waals surface area contributed by atoms with E-state index in [1.54, 1.807) is 13.8 Å². The Balaban J connectivity index is 2.98. The number of hydrogen-bond acceptors (Lipinski definition) is 1. The number of benzene rings is 2. The Hall–Kier alpha value is -1.78. The molecule has 2 N–H and O–H groups in total. The van der Waals surface area contributed by atoms with Crippen LogP contribution in [0.1, 0.15) is 30.9 Å². The SMILES string of the molecule is CC(C)c1cc(N)cc2ccc(F)c(C(F)(F)F)c12. The van der Waals surface area contributed by atoms with Gasteiger partial charge >= 0.3 is 6.18 Å². The van der Waals surface area contributed by atoms with E-state index in [1.807, 2.05) is 0 Å². The van der Waals surface area contributed by atoms with Gasteiger partial charge in [0.05, 0.1) is 5.56 Å². The van der Waals surface area contributed by atoms with Crippen LogP contribution in [0.2, 0.25) is 0 Å². The van der Waals surface area contributed by atoms with Crippen molar-refractivity contribution in [3.8, 4) is 0 Å². The van der Waals surface area contributed by atoms with Crippen molar-refractivity contribution in [3.63, 3.8) is 0 Å². The number of nitrogens with two attached hydrogens (primary N) is 1. The normalized spacial score (nSPS) is 12.4. The van der Waals surface area contributed by atoms with E-state index >= 15 is 0 Å². The number of alkyl halides is 3. The second-order valence-corrected chi connectivity index (χ2v) is 4.78. The zero-order chi connectivity index (χ0) is 14.4. The van der Waals surface area contributed by atoms with Gasteiger partial charge in [0.1, 0.15) is 5.82 Å². The van der Waals surface area contributed by atoms with Crippen LogP contribution in [-0.4, -0.2) is 0 Å². The Bertz CT molecular complexity index is 629. The molecule has 0 saturated heterocycles. The maximum Gasteiger partial charge on any atom is 0.419 e. The van der Waals surface area contributed by atoms with Crippen molar-refractivity contribution < 1.29 is 17.6 Å². The first-order valence-electron chi connectivity index (χ1n) is 5.80. The predicted octanol–water partition coefficient (Wildman–Crippen LogP) is 4.70. The summed E-state index contributed by atoms with van der Waals surface area (Å²) in [7, 11) is 0. The fraction of sp³-hybridized carbons (Fsp3) is 0.286. The zero-order valence-electron chi connectivity index (χ0n) is 10.5. The molecule has 102 valence electrons. The molecule has 0 aliphatic rings. The quantitative estimate of drug-likeness (QED) is 0.590. The van der Waals surface area contributed by atoms with Crippen LogP contribution >= 0.6 is 0 Å². The number of rotatable bonds is 1. The van der Waals surface area contributed by atoms with Crippen LogP contribution in [-0.2, 0) is 6.18 Å². The van der Waals surface area contributed by atoms with E-state index in [-0.39, 0.29) is 11.3 Å². The summed E-state index contributed by atoms with van der Waals surface area (Å²) in [5, 5.41) is 0.203. The van der Waals surface area contributed by atoms with Crippen LogP contribution in [0.4, 0.5) is 23.2 Å². The summed E-state index contributed by atoms with van der Waals surface area (Å²) in [6.45, 7) is 3.50. The van der Waals surface area contributed by atoms with Gasteiger partial charge in [-0.2, -0.15) is 13.2 Å². The first kappa shape index (κ1) is 13.6. The van der Waals surface area contributed by atoms with Crippen molar-refractivity contribution in [3.05, 3.63) is 41.2 Å². The van der Waals surface area contributed by atoms with Crippen molar-refractivity contribution in [1.82, 2.24) is 0 Å². The smallest absolute Gasteiger partial charge is 0.399 e. The largest absolute Gasteiger partial charge is 0.419 e. The van der Waals surface area contributed by atoms with Crippen molar-refractivity contribution in [2.24, 2.45) is 0 Å². The van der Waals surface area contributed by atoms with Crippen LogP contribution in [0.3, 0.4) is 0 Å². The third-order valence-electron chi connectivity index (χ3n) is 3.03. The highest BCUT2D eigenvalue weighted by Gasteiger charge is 2.37. The minimum absolute atomic E-state index is 0.100. The van der Waals surface area contributed by atoms with E-state index in [1.165, 1.54) is 18.2 Å². The standard InChI is InChI=1S/C14H13F4N/c1-7(2)10-6-9(19)5-8-3-4-11(15)13(12(8)10)14(16,17)18/h3-7H,19H2,1-2H3. The Kier molecular flexibility index (Phi) is 3.16. The average molecular weight is 271 g/mol. The van der Waals surface area contributed by atoms with Gasteiger partial charge in [-0.3, -0.25) is 0 Å². The third-order valence-corrected chi connectivity index (χ3v) is 3.03. The van der Waals surface area contributed by atoms with E-state index in [0.29, 0.717) is 16.6 Å². The number of hydrogen-bond donors (Lipinski definition) is 1. The number of halogens is 4. The van der Waals surface area contributed by atoms with Gasteiger partial charge in [-0.1, -0.05) is 19.9 Å². The molecule has 0 aliphatic heterocycles. The fourth-order valence-corrected chi connectivity index (χ4v) is 2.23. The molecule has 1 nitrogen and oxygen atoms in total. The second kappa shape index (κ2) is 4.40. The highest BCUT2D eigenvalue weighted by Crippen LogP contribution is 2.40. The van der Waals surface area contributed by atoms with E-state index in [9.17, 15) is 17.6 Å². The molecule has 5 heteroatoms. The maximum absolute atomic E-state index is 13.6. The van der Waals surface area contributed by atoms with E-state index in [4.69, 9.17) is 5.73 Å². The minimum Gasteiger partial charge on any atom is -0.399 e. The molecule has 0 aromatic heterocycles. The average Bonchev–Trinajstić information content (AvgIpc) is 2.26. The minimum atomic E-state index is -4.73. The van der Waals surface area contributed by atoms with Crippen LogP contribution in [0.15, 0.2) is 24.3 Å². The Morgan fingerprint density at radius 1 is 1.11 bits per heavy atom. The summed E-state index contributed by atoms with van der Waals surface area (Å²) in [5.74, 6) is -1.44. The van der Waals surface area contributed by atoms with Gasteiger partial charge in [0, 0.05) is 11.1 Å². The molecule has 0 fully saturated rings. The third kappa shape index (κ3) is 2.37. The van der Waals surface area contributed by atoms with Gasteiger partial charge in [-0.25, -0.2) is 4.39 Å². The Morgan fingerprint density at radius 2 is 1.74 bits per heavy atom. The number of anilines is 1. The molecule has 19 heavy (non-hydrogen) atoms. The van der Waals surface area contributed by atoms with Gasteiger partial charge in [-0.05, 0) is 35.1 Å². The molecule has 0 spiro atoms. The lowest BCUT2D eigenvalue weighted by atomic mass is 9.91. The second-order valence-electron chi connectivity index (χ2n) is 4.78. The van der Waals surface area contributed by atoms with Gasteiger partial charge < -0.3 is 5.73 Å². The lowest BCUT2D eigenvalue weighted by molar-refractivity contribution is -0.138. The van der Waals surface area contributed by atoms with Gasteiger partial charge in [0.25, 0.3) is 0 Å². The molecule has 2 rings (SSSR count). The van der Waals surface area contributed by atoms with Gasteiger partial charge in [0.15, 0.2) is 0 Å². The first-order chi connectivity index (χ1) is 8.71. The topological polar surface area (TPSA) is 26.0 Å². The van der Waals surface area contributed by atoms with Gasteiger partial charge in [0.2, 0.25) is 0 Å². The lowest BCUT2D eigenvalue weighted by Crippen LogP contribution is -2.11. The molecule has 0 aliphatic carbocycles. The predicted molar refractivity (Wildman–Crippen MR) is 67.4 cm³/mol. The van der Waals surface area contributed by atoms with E-state index in [0.717, 1.165) is 6.07 Å². The summed E-state index contributed by atoms with van der Waals surface area (Å²) in [4.78, 5) is 0. The zero-order valence-corrected chi connectivity index (χ0v) is 10.5. The molecular formula is C14H13F4N. The summed E-state index contributed by atoms with van der Waals surface area (Å²) < 4.78 is 52.8. The van der Waals surface area contributed by atoms with Crippen LogP contribution in [0.25, 0.3) is 10.8 Å². The molecule has 0 unspecified atom stereocenters.